The SMILES string of the molecule is c1cn(CC(CC2CCCCC2)CC2CCCCC2)cn1. The van der Waals surface area contributed by atoms with E-state index in [-0.39, 0.29) is 0 Å². The van der Waals surface area contributed by atoms with Crippen LogP contribution in [0.5, 0.6) is 0 Å². The number of hydrogen-bond acceptors (Lipinski definition) is 1. The zero-order valence-corrected chi connectivity index (χ0v) is 13.6. The van der Waals surface area contributed by atoms with Crippen LogP contribution in [-0.4, -0.2) is 9.55 Å². The smallest absolute Gasteiger partial charge is 0.0945 e. The summed E-state index contributed by atoms with van der Waals surface area (Å²) in [5, 5.41) is 0. The minimum absolute atomic E-state index is 0.880. The summed E-state index contributed by atoms with van der Waals surface area (Å²) < 4.78 is 2.32. The van der Waals surface area contributed by atoms with Crippen LogP contribution >= 0.6 is 0 Å². The van der Waals surface area contributed by atoms with Crippen molar-refractivity contribution in [3.63, 3.8) is 0 Å². The van der Waals surface area contributed by atoms with Crippen LogP contribution in [-0.2, 0) is 6.54 Å². The predicted octanol–water partition coefficient (Wildman–Crippen LogP) is 5.44. The largest absolute Gasteiger partial charge is 0.337 e. The Balaban J connectivity index is 1.55. The van der Waals surface area contributed by atoms with Gasteiger partial charge in [0.15, 0.2) is 0 Å². The maximum absolute atomic E-state index is 4.23. The summed E-state index contributed by atoms with van der Waals surface area (Å²) in [7, 11) is 0. The standard InChI is InChI=1S/C19H32N2/c1-3-7-17(8-4-1)13-19(15-21-12-11-20-16-21)14-18-9-5-2-6-10-18/h11-12,16-19H,1-10,13-15H2. The highest BCUT2D eigenvalue weighted by Crippen LogP contribution is 2.35. The Kier molecular flexibility index (Phi) is 5.76. The summed E-state index contributed by atoms with van der Waals surface area (Å²) in [6, 6.07) is 0. The van der Waals surface area contributed by atoms with Gasteiger partial charge < -0.3 is 4.57 Å². The lowest BCUT2D eigenvalue weighted by Gasteiger charge is -2.30. The van der Waals surface area contributed by atoms with Gasteiger partial charge in [0.25, 0.3) is 0 Å². The van der Waals surface area contributed by atoms with Gasteiger partial charge in [-0.3, -0.25) is 0 Å². The van der Waals surface area contributed by atoms with Crippen molar-refractivity contribution < 1.29 is 0 Å². The quantitative estimate of drug-likeness (QED) is 0.681. The third-order valence-electron chi connectivity index (χ3n) is 5.81. The van der Waals surface area contributed by atoms with Crippen molar-refractivity contribution in [2.75, 3.05) is 0 Å². The normalized spacial score (nSPS) is 22.0. The van der Waals surface area contributed by atoms with Crippen LogP contribution in [0.1, 0.15) is 77.0 Å². The number of hydrogen-bond donors (Lipinski definition) is 0. The first kappa shape index (κ1) is 15.1. The second-order valence-corrected chi connectivity index (χ2v) is 7.60. The summed E-state index contributed by atoms with van der Waals surface area (Å²) in [6.07, 6.45) is 23.9. The lowest BCUT2D eigenvalue weighted by Crippen LogP contribution is -2.20. The molecule has 0 aliphatic heterocycles. The summed E-state index contributed by atoms with van der Waals surface area (Å²) in [5.41, 5.74) is 0. The molecule has 1 aromatic rings. The molecule has 21 heavy (non-hydrogen) atoms. The predicted molar refractivity (Wildman–Crippen MR) is 88.1 cm³/mol. The molecule has 0 unspecified atom stereocenters. The maximum atomic E-state index is 4.23. The molecule has 0 saturated heterocycles. The van der Waals surface area contributed by atoms with E-state index >= 15 is 0 Å². The van der Waals surface area contributed by atoms with E-state index in [1.807, 2.05) is 12.5 Å². The van der Waals surface area contributed by atoms with E-state index < -0.39 is 0 Å². The third kappa shape index (κ3) is 4.86. The fourth-order valence-electron chi connectivity index (χ4n) is 4.73. The van der Waals surface area contributed by atoms with Crippen LogP contribution in [0.15, 0.2) is 18.7 Å². The minimum Gasteiger partial charge on any atom is -0.337 e. The first-order valence-electron chi connectivity index (χ1n) is 9.36. The molecule has 2 fully saturated rings. The minimum atomic E-state index is 0.880. The molecule has 2 saturated carbocycles. The second kappa shape index (κ2) is 8.00. The molecular weight excluding hydrogens is 256 g/mol. The summed E-state index contributed by atoms with van der Waals surface area (Å²) in [5.74, 6) is 2.90. The van der Waals surface area contributed by atoms with E-state index in [9.17, 15) is 0 Å². The second-order valence-electron chi connectivity index (χ2n) is 7.60. The molecule has 0 radical (unpaired) electrons. The van der Waals surface area contributed by atoms with Gasteiger partial charge in [0.05, 0.1) is 6.33 Å². The van der Waals surface area contributed by atoms with Gasteiger partial charge >= 0.3 is 0 Å². The number of imidazole rings is 1. The molecule has 0 atom stereocenters. The molecule has 1 heterocycles. The Morgan fingerprint density at radius 3 is 1.90 bits per heavy atom. The van der Waals surface area contributed by atoms with Gasteiger partial charge in [-0.25, -0.2) is 4.98 Å². The Morgan fingerprint density at radius 1 is 0.857 bits per heavy atom. The van der Waals surface area contributed by atoms with Crippen molar-refractivity contribution in [2.24, 2.45) is 17.8 Å². The van der Waals surface area contributed by atoms with Gasteiger partial charge in [0.1, 0.15) is 0 Å². The van der Waals surface area contributed by atoms with Gasteiger partial charge in [-0.2, -0.15) is 0 Å². The molecule has 0 N–H and O–H groups in total. The molecule has 118 valence electrons. The highest BCUT2D eigenvalue weighted by molar-refractivity contribution is 4.79. The van der Waals surface area contributed by atoms with E-state index in [1.165, 1.54) is 83.6 Å². The average molecular weight is 288 g/mol. The van der Waals surface area contributed by atoms with Crippen molar-refractivity contribution in [3.8, 4) is 0 Å². The van der Waals surface area contributed by atoms with Gasteiger partial charge in [-0.05, 0) is 30.6 Å². The van der Waals surface area contributed by atoms with Crippen LogP contribution in [0.3, 0.4) is 0 Å². The lowest BCUT2D eigenvalue weighted by atomic mass is 9.77. The van der Waals surface area contributed by atoms with Crippen molar-refractivity contribution in [2.45, 2.75) is 83.6 Å². The number of nitrogens with zero attached hydrogens (tertiary/aromatic N) is 2. The van der Waals surface area contributed by atoms with E-state index in [0.29, 0.717) is 0 Å². The Morgan fingerprint density at radius 2 is 1.43 bits per heavy atom. The van der Waals surface area contributed by atoms with Gasteiger partial charge in [0.2, 0.25) is 0 Å². The fourth-order valence-corrected chi connectivity index (χ4v) is 4.73. The fraction of sp³-hybridized carbons (Fsp3) is 0.842. The van der Waals surface area contributed by atoms with E-state index in [1.54, 1.807) is 0 Å². The van der Waals surface area contributed by atoms with Gasteiger partial charge in [-0.1, -0.05) is 64.2 Å². The number of rotatable bonds is 6. The van der Waals surface area contributed by atoms with Crippen molar-refractivity contribution in [1.82, 2.24) is 9.55 Å². The third-order valence-corrected chi connectivity index (χ3v) is 5.81. The zero-order chi connectivity index (χ0) is 14.3. The zero-order valence-electron chi connectivity index (χ0n) is 13.6. The molecule has 0 spiro atoms. The molecule has 0 aromatic carbocycles. The van der Waals surface area contributed by atoms with Crippen molar-refractivity contribution >= 4 is 0 Å². The average Bonchev–Trinajstić information content (AvgIpc) is 3.02. The maximum Gasteiger partial charge on any atom is 0.0945 e. The van der Waals surface area contributed by atoms with Crippen LogP contribution < -0.4 is 0 Å². The van der Waals surface area contributed by atoms with Crippen LogP contribution in [0.25, 0.3) is 0 Å². The van der Waals surface area contributed by atoms with Crippen molar-refractivity contribution in [3.05, 3.63) is 18.7 Å². The van der Waals surface area contributed by atoms with Crippen LogP contribution in [0.4, 0.5) is 0 Å². The Bertz CT molecular complexity index is 352. The molecule has 2 aliphatic carbocycles. The monoisotopic (exact) mass is 288 g/mol. The molecule has 0 bridgehead atoms. The molecule has 2 aliphatic rings. The lowest BCUT2D eigenvalue weighted by molar-refractivity contribution is 0.214. The highest BCUT2D eigenvalue weighted by atomic mass is 15.0. The summed E-state index contributed by atoms with van der Waals surface area (Å²) >= 11 is 0. The van der Waals surface area contributed by atoms with E-state index in [0.717, 1.165) is 17.8 Å². The van der Waals surface area contributed by atoms with Gasteiger partial charge in [-0.15, -0.1) is 0 Å². The summed E-state index contributed by atoms with van der Waals surface area (Å²) in [6.45, 7) is 1.20. The van der Waals surface area contributed by atoms with Crippen LogP contribution in [0, 0.1) is 17.8 Å². The van der Waals surface area contributed by atoms with Gasteiger partial charge in [0, 0.05) is 18.9 Å². The first-order valence-corrected chi connectivity index (χ1v) is 9.36. The van der Waals surface area contributed by atoms with E-state index in [4.69, 9.17) is 0 Å². The number of aromatic nitrogens is 2. The van der Waals surface area contributed by atoms with E-state index in [2.05, 4.69) is 15.7 Å². The first-order chi connectivity index (χ1) is 10.4. The Labute approximate surface area is 130 Å². The molecule has 1 aromatic heterocycles. The molecular formula is C19H32N2. The topological polar surface area (TPSA) is 17.8 Å². The summed E-state index contributed by atoms with van der Waals surface area (Å²) in [4.78, 5) is 4.23. The molecule has 3 rings (SSSR count). The molecule has 2 heteroatoms. The highest BCUT2D eigenvalue weighted by Gasteiger charge is 2.23. The molecule has 0 amide bonds. The van der Waals surface area contributed by atoms with Crippen LogP contribution in [0.2, 0.25) is 0 Å². The Hall–Kier alpha value is -0.790. The molecule has 2 nitrogen and oxygen atoms in total. The van der Waals surface area contributed by atoms with Crippen molar-refractivity contribution in [1.29, 1.82) is 0 Å².